The van der Waals surface area contributed by atoms with Crippen molar-refractivity contribution in [2.24, 2.45) is 0 Å². The molecule has 1 N–H and O–H groups in total. The number of methoxy groups -OCH3 is 1. The molecule has 1 amide bonds. The Morgan fingerprint density at radius 2 is 2.21 bits per heavy atom. The molecule has 5 heteroatoms. The van der Waals surface area contributed by atoms with Crippen LogP contribution >= 0.6 is 0 Å². The van der Waals surface area contributed by atoms with Crippen molar-refractivity contribution in [2.45, 2.75) is 6.42 Å². The zero-order valence-electron chi connectivity index (χ0n) is 10.4. The van der Waals surface area contributed by atoms with E-state index >= 15 is 0 Å². The van der Waals surface area contributed by atoms with Crippen molar-refractivity contribution in [3.05, 3.63) is 54.0 Å². The smallest absolute Gasteiger partial charge is 0.228 e. The third kappa shape index (κ3) is 3.77. The van der Waals surface area contributed by atoms with E-state index in [0.29, 0.717) is 17.1 Å². The number of ether oxygens (including phenoxy) is 1. The second-order valence-corrected chi connectivity index (χ2v) is 3.94. The lowest BCUT2D eigenvalue weighted by Crippen LogP contribution is -2.14. The van der Waals surface area contributed by atoms with E-state index in [0.717, 1.165) is 0 Å². The topological polar surface area (TPSA) is 51.2 Å². The van der Waals surface area contributed by atoms with Gasteiger partial charge in [0.25, 0.3) is 0 Å². The lowest BCUT2D eigenvalue weighted by molar-refractivity contribution is -0.115. The molecule has 1 heterocycles. The Morgan fingerprint density at radius 3 is 2.84 bits per heavy atom. The van der Waals surface area contributed by atoms with Gasteiger partial charge in [0.05, 0.1) is 25.4 Å². The Hall–Kier alpha value is -2.43. The minimum atomic E-state index is -0.351. The number of anilines is 1. The third-order valence-electron chi connectivity index (χ3n) is 2.48. The number of benzene rings is 1. The average Bonchev–Trinajstić information content (AvgIpc) is 2.39. The third-order valence-corrected chi connectivity index (χ3v) is 2.48. The van der Waals surface area contributed by atoms with Gasteiger partial charge in [-0.2, -0.15) is 0 Å². The number of nitrogens with zero attached hydrogens (tertiary/aromatic N) is 1. The van der Waals surface area contributed by atoms with Gasteiger partial charge in [0.1, 0.15) is 5.82 Å². The summed E-state index contributed by atoms with van der Waals surface area (Å²) in [4.78, 5) is 15.7. The molecule has 98 valence electrons. The molecule has 19 heavy (non-hydrogen) atoms. The lowest BCUT2D eigenvalue weighted by Gasteiger charge is -2.05. The van der Waals surface area contributed by atoms with Crippen molar-refractivity contribution in [2.75, 3.05) is 12.4 Å². The highest BCUT2D eigenvalue weighted by atomic mass is 19.1. The summed E-state index contributed by atoms with van der Waals surface area (Å²) in [5.74, 6) is -0.0999. The second-order valence-electron chi connectivity index (χ2n) is 3.94. The van der Waals surface area contributed by atoms with Gasteiger partial charge in [-0.1, -0.05) is 12.1 Å². The highest BCUT2D eigenvalue weighted by Crippen LogP contribution is 2.12. The summed E-state index contributed by atoms with van der Waals surface area (Å²) in [5, 5.41) is 2.68. The van der Waals surface area contributed by atoms with Crippen LogP contribution in [-0.4, -0.2) is 18.0 Å². The minimum absolute atomic E-state index is 0.115. The molecule has 1 aromatic heterocycles. The van der Waals surface area contributed by atoms with Crippen molar-refractivity contribution >= 4 is 11.6 Å². The summed E-state index contributed by atoms with van der Waals surface area (Å²) in [7, 11) is 1.52. The average molecular weight is 260 g/mol. The van der Waals surface area contributed by atoms with Gasteiger partial charge in [-0.3, -0.25) is 4.79 Å². The largest absolute Gasteiger partial charge is 0.481 e. The standard InChI is InChI=1S/C14H13FN2O2/c1-19-14-6-5-12(9-16-14)17-13(18)8-10-3-2-4-11(15)7-10/h2-7,9H,8H2,1H3,(H,17,18). The summed E-state index contributed by atoms with van der Waals surface area (Å²) in [6.07, 6.45) is 1.62. The van der Waals surface area contributed by atoms with Crippen molar-refractivity contribution in [3.8, 4) is 5.88 Å². The van der Waals surface area contributed by atoms with E-state index in [2.05, 4.69) is 10.3 Å². The van der Waals surface area contributed by atoms with E-state index in [4.69, 9.17) is 4.74 Å². The van der Waals surface area contributed by atoms with Gasteiger partial charge in [0.15, 0.2) is 0 Å². The minimum Gasteiger partial charge on any atom is -0.481 e. The van der Waals surface area contributed by atoms with E-state index < -0.39 is 0 Å². The molecule has 0 unspecified atom stereocenters. The number of carbonyl (C=O) groups excluding carboxylic acids is 1. The number of carbonyl (C=O) groups is 1. The fourth-order valence-corrected chi connectivity index (χ4v) is 1.61. The van der Waals surface area contributed by atoms with Gasteiger partial charge >= 0.3 is 0 Å². The molecule has 2 aromatic rings. The molecular formula is C14H13FN2O2. The Morgan fingerprint density at radius 1 is 1.37 bits per heavy atom. The molecule has 1 aromatic carbocycles. The van der Waals surface area contributed by atoms with Crippen LogP contribution in [0, 0.1) is 5.82 Å². The molecule has 0 fully saturated rings. The van der Waals surface area contributed by atoms with Crippen LogP contribution in [0.4, 0.5) is 10.1 Å². The zero-order valence-corrected chi connectivity index (χ0v) is 10.4. The molecule has 0 aliphatic rings. The van der Waals surface area contributed by atoms with Crippen molar-refractivity contribution in [1.82, 2.24) is 4.98 Å². The molecule has 0 radical (unpaired) electrons. The molecule has 4 nitrogen and oxygen atoms in total. The molecule has 0 saturated heterocycles. The molecule has 0 aliphatic heterocycles. The highest BCUT2D eigenvalue weighted by molar-refractivity contribution is 5.92. The number of amides is 1. The fourth-order valence-electron chi connectivity index (χ4n) is 1.61. The predicted molar refractivity (Wildman–Crippen MR) is 69.5 cm³/mol. The first kappa shape index (κ1) is 13.0. The molecule has 0 atom stereocenters. The van der Waals surface area contributed by atoms with Crippen molar-refractivity contribution in [3.63, 3.8) is 0 Å². The Kier molecular flexibility index (Phi) is 4.07. The first-order valence-electron chi connectivity index (χ1n) is 5.72. The summed E-state index contributed by atoms with van der Waals surface area (Å²) < 4.78 is 17.9. The molecule has 0 aliphatic carbocycles. The van der Waals surface area contributed by atoms with E-state index in [9.17, 15) is 9.18 Å². The maximum atomic E-state index is 13.0. The SMILES string of the molecule is COc1ccc(NC(=O)Cc2cccc(F)c2)cn1. The van der Waals surface area contributed by atoms with E-state index in [1.54, 1.807) is 24.3 Å². The highest BCUT2D eigenvalue weighted by Gasteiger charge is 2.05. The van der Waals surface area contributed by atoms with Gasteiger partial charge in [-0.25, -0.2) is 9.37 Å². The monoisotopic (exact) mass is 260 g/mol. The first-order valence-corrected chi connectivity index (χ1v) is 5.72. The fraction of sp³-hybridized carbons (Fsp3) is 0.143. The number of rotatable bonds is 4. The van der Waals surface area contributed by atoms with Gasteiger partial charge in [0, 0.05) is 6.07 Å². The van der Waals surface area contributed by atoms with Gasteiger partial charge in [0.2, 0.25) is 11.8 Å². The van der Waals surface area contributed by atoms with Crippen molar-refractivity contribution in [1.29, 1.82) is 0 Å². The van der Waals surface area contributed by atoms with Crippen LogP contribution in [0.25, 0.3) is 0 Å². The normalized spacial score (nSPS) is 10.0. The van der Waals surface area contributed by atoms with Crippen LogP contribution in [0.2, 0.25) is 0 Å². The maximum Gasteiger partial charge on any atom is 0.228 e. The Balaban J connectivity index is 1.97. The van der Waals surface area contributed by atoms with E-state index in [1.165, 1.54) is 25.4 Å². The maximum absolute atomic E-state index is 13.0. The molecule has 0 spiro atoms. The molecule has 0 saturated carbocycles. The second kappa shape index (κ2) is 5.95. The number of hydrogen-bond donors (Lipinski definition) is 1. The number of halogens is 1. The van der Waals surface area contributed by atoms with E-state index in [1.807, 2.05) is 0 Å². The van der Waals surface area contributed by atoms with Gasteiger partial charge in [-0.15, -0.1) is 0 Å². The van der Waals surface area contributed by atoms with Crippen LogP contribution in [0.1, 0.15) is 5.56 Å². The van der Waals surface area contributed by atoms with Crippen molar-refractivity contribution < 1.29 is 13.9 Å². The Bertz CT molecular complexity index is 570. The summed E-state index contributed by atoms with van der Waals surface area (Å²) in [6, 6.07) is 9.30. The van der Waals surface area contributed by atoms with E-state index in [-0.39, 0.29) is 18.1 Å². The first-order chi connectivity index (χ1) is 9.17. The van der Waals surface area contributed by atoms with Crippen LogP contribution in [0.5, 0.6) is 5.88 Å². The molecule has 2 rings (SSSR count). The van der Waals surface area contributed by atoms with Gasteiger partial charge < -0.3 is 10.1 Å². The Labute approximate surface area is 110 Å². The van der Waals surface area contributed by atoms with Crippen LogP contribution in [0.3, 0.4) is 0 Å². The van der Waals surface area contributed by atoms with Crippen LogP contribution in [0.15, 0.2) is 42.6 Å². The number of hydrogen-bond acceptors (Lipinski definition) is 3. The van der Waals surface area contributed by atoms with Crippen LogP contribution < -0.4 is 10.1 Å². The summed E-state index contributed by atoms with van der Waals surface area (Å²) in [5.41, 5.74) is 1.20. The zero-order chi connectivity index (χ0) is 13.7. The van der Waals surface area contributed by atoms with Gasteiger partial charge in [-0.05, 0) is 23.8 Å². The number of pyridine rings is 1. The predicted octanol–water partition coefficient (Wildman–Crippen LogP) is 2.41. The number of nitrogens with one attached hydrogen (secondary N) is 1. The summed E-state index contributed by atoms with van der Waals surface area (Å²) >= 11 is 0. The van der Waals surface area contributed by atoms with Crippen LogP contribution in [-0.2, 0) is 11.2 Å². The molecule has 0 bridgehead atoms. The number of aromatic nitrogens is 1. The quantitative estimate of drug-likeness (QED) is 0.918. The lowest BCUT2D eigenvalue weighted by atomic mass is 10.1. The molecular weight excluding hydrogens is 247 g/mol. The summed E-state index contributed by atoms with van der Waals surface area (Å²) in [6.45, 7) is 0.